The van der Waals surface area contributed by atoms with Crippen molar-refractivity contribution in [3.8, 4) is 12.1 Å². The van der Waals surface area contributed by atoms with E-state index in [0.717, 1.165) is 0 Å². The smallest absolute Gasteiger partial charge is 0.239 e. The molecule has 0 aromatic heterocycles. The van der Waals surface area contributed by atoms with E-state index in [1.54, 1.807) is 0 Å². The lowest BCUT2D eigenvalue weighted by Gasteiger charge is -2.24. The van der Waals surface area contributed by atoms with Gasteiger partial charge in [0.2, 0.25) is 5.91 Å². The summed E-state index contributed by atoms with van der Waals surface area (Å²) in [5, 5.41) is 17.0. The van der Waals surface area contributed by atoms with Gasteiger partial charge < -0.3 is 10.6 Å². The third kappa shape index (κ3) is 6.55. The molecule has 0 aliphatic carbocycles. The molecule has 0 radical (unpaired) electrons. The summed E-state index contributed by atoms with van der Waals surface area (Å²) >= 11 is 0. The van der Waals surface area contributed by atoms with E-state index in [4.69, 9.17) is 16.3 Å². The van der Waals surface area contributed by atoms with Crippen molar-refractivity contribution in [3.05, 3.63) is 0 Å². The number of carbonyl (C=O) groups is 1. The molecule has 0 spiro atoms. The van der Waals surface area contributed by atoms with Gasteiger partial charge in [0, 0.05) is 13.1 Å². The third-order valence-corrected chi connectivity index (χ3v) is 2.34. The van der Waals surface area contributed by atoms with Crippen LogP contribution in [0.4, 0.5) is 0 Å². The zero-order chi connectivity index (χ0) is 13.3. The second-order valence-electron chi connectivity index (χ2n) is 4.38. The Morgan fingerprint density at radius 3 is 2.06 bits per heavy atom. The fraction of sp³-hybridized carbons (Fsp3) is 0.750. The average Bonchev–Trinajstić information content (AvgIpc) is 2.27. The molecule has 5 heteroatoms. The molecule has 0 saturated carbocycles. The van der Waals surface area contributed by atoms with Crippen molar-refractivity contribution in [1.29, 1.82) is 10.5 Å². The van der Waals surface area contributed by atoms with Gasteiger partial charge in [0.15, 0.2) is 0 Å². The molecule has 0 heterocycles. The van der Waals surface area contributed by atoms with Crippen LogP contribution in [0.1, 0.15) is 33.1 Å². The van der Waals surface area contributed by atoms with Gasteiger partial charge >= 0.3 is 0 Å². The van der Waals surface area contributed by atoms with Crippen molar-refractivity contribution in [2.45, 2.75) is 39.2 Å². The lowest BCUT2D eigenvalue weighted by atomic mass is 10.0. The maximum Gasteiger partial charge on any atom is 0.239 e. The maximum atomic E-state index is 12.0. The van der Waals surface area contributed by atoms with Gasteiger partial charge in [0.05, 0.1) is 31.0 Å². The molecule has 0 bridgehead atoms. The largest absolute Gasteiger partial charge is 0.339 e. The Balaban J connectivity index is 4.40. The van der Waals surface area contributed by atoms with E-state index < -0.39 is 6.04 Å². The van der Waals surface area contributed by atoms with Gasteiger partial charge in [-0.1, -0.05) is 13.8 Å². The van der Waals surface area contributed by atoms with E-state index in [-0.39, 0.29) is 18.7 Å². The summed E-state index contributed by atoms with van der Waals surface area (Å²) < 4.78 is 0. The van der Waals surface area contributed by atoms with Crippen LogP contribution in [0.2, 0.25) is 0 Å². The number of nitrogens with zero attached hydrogens (tertiary/aromatic N) is 3. The second-order valence-corrected chi connectivity index (χ2v) is 4.38. The number of nitriles is 2. The Morgan fingerprint density at radius 2 is 1.71 bits per heavy atom. The molecule has 0 unspecified atom stereocenters. The van der Waals surface area contributed by atoms with Crippen molar-refractivity contribution < 1.29 is 4.79 Å². The highest BCUT2D eigenvalue weighted by Crippen LogP contribution is 2.06. The van der Waals surface area contributed by atoms with Crippen LogP contribution in [0, 0.1) is 28.6 Å². The van der Waals surface area contributed by atoms with Crippen LogP contribution in [-0.4, -0.2) is 29.9 Å². The van der Waals surface area contributed by atoms with E-state index >= 15 is 0 Å². The molecule has 0 aliphatic heterocycles. The van der Waals surface area contributed by atoms with Gasteiger partial charge in [-0.3, -0.25) is 4.79 Å². The summed E-state index contributed by atoms with van der Waals surface area (Å²) in [6.45, 7) is 4.70. The molecule has 17 heavy (non-hydrogen) atoms. The highest BCUT2D eigenvalue weighted by atomic mass is 16.2. The maximum absolute atomic E-state index is 12.0. The topological polar surface area (TPSA) is 93.9 Å². The minimum Gasteiger partial charge on any atom is -0.339 e. The van der Waals surface area contributed by atoms with E-state index in [9.17, 15) is 4.79 Å². The van der Waals surface area contributed by atoms with Crippen molar-refractivity contribution in [1.82, 2.24) is 4.90 Å². The first-order valence-electron chi connectivity index (χ1n) is 5.81. The molecule has 0 aromatic carbocycles. The number of hydrogen-bond acceptors (Lipinski definition) is 4. The van der Waals surface area contributed by atoms with Crippen LogP contribution >= 0.6 is 0 Å². The molecule has 1 amide bonds. The number of rotatable bonds is 7. The SMILES string of the molecule is CC(C)C[C@H](N)C(=O)N(CCC#N)CCC#N. The minimum atomic E-state index is -0.535. The summed E-state index contributed by atoms with van der Waals surface area (Å²) in [4.78, 5) is 13.5. The third-order valence-electron chi connectivity index (χ3n) is 2.34. The van der Waals surface area contributed by atoms with Crippen LogP contribution in [0.25, 0.3) is 0 Å². The molecular weight excluding hydrogens is 216 g/mol. The monoisotopic (exact) mass is 236 g/mol. The van der Waals surface area contributed by atoms with Crippen LogP contribution in [0.3, 0.4) is 0 Å². The normalized spacial score (nSPS) is 11.6. The van der Waals surface area contributed by atoms with Crippen LogP contribution < -0.4 is 5.73 Å². The standard InChI is InChI=1S/C12H20N4O/c1-10(2)9-11(15)12(17)16(7-3-5-13)8-4-6-14/h10-11H,3-4,7-9,15H2,1-2H3/t11-/m0/s1. The molecule has 1 atom stereocenters. The summed E-state index contributed by atoms with van der Waals surface area (Å²) in [7, 11) is 0. The van der Waals surface area contributed by atoms with Crippen molar-refractivity contribution in [2.75, 3.05) is 13.1 Å². The van der Waals surface area contributed by atoms with E-state index in [1.165, 1.54) is 4.90 Å². The fourth-order valence-electron chi connectivity index (χ4n) is 1.55. The first kappa shape index (κ1) is 15.4. The summed E-state index contributed by atoms with van der Waals surface area (Å²) in [5.74, 6) is 0.187. The molecular formula is C12H20N4O. The Morgan fingerprint density at radius 1 is 1.24 bits per heavy atom. The Kier molecular flexibility index (Phi) is 7.75. The van der Waals surface area contributed by atoms with Gasteiger partial charge in [0.1, 0.15) is 0 Å². The molecule has 94 valence electrons. The number of amides is 1. The van der Waals surface area contributed by atoms with Crippen molar-refractivity contribution in [2.24, 2.45) is 11.7 Å². The number of nitrogens with two attached hydrogens (primary N) is 1. The van der Waals surface area contributed by atoms with Gasteiger partial charge in [-0.2, -0.15) is 10.5 Å². The first-order chi connectivity index (χ1) is 8.02. The molecule has 0 aromatic rings. The molecule has 2 N–H and O–H groups in total. The van der Waals surface area contributed by atoms with Gasteiger partial charge in [-0.05, 0) is 12.3 Å². The van der Waals surface area contributed by atoms with E-state index in [0.29, 0.717) is 25.4 Å². The predicted octanol–water partition coefficient (Wildman–Crippen LogP) is 1.02. The Labute approximate surface area is 103 Å². The number of carbonyl (C=O) groups excluding carboxylic acids is 1. The molecule has 5 nitrogen and oxygen atoms in total. The fourth-order valence-corrected chi connectivity index (χ4v) is 1.55. The van der Waals surface area contributed by atoms with Crippen LogP contribution in [0.15, 0.2) is 0 Å². The summed E-state index contributed by atoms with van der Waals surface area (Å²) in [5.41, 5.74) is 5.81. The molecule has 0 aliphatic rings. The second kappa shape index (κ2) is 8.55. The Hall–Kier alpha value is -1.59. The lowest BCUT2D eigenvalue weighted by molar-refractivity contribution is -0.132. The minimum absolute atomic E-state index is 0.163. The summed E-state index contributed by atoms with van der Waals surface area (Å²) in [6, 6.07) is 3.45. The lowest BCUT2D eigenvalue weighted by Crippen LogP contribution is -2.45. The van der Waals surface area contributed by atoms with Gasteiger partial charge in [-0.25, -0.2) is 0 Å². The molecule has 0 saturated heterocycles. The highest BCUT2D eigenvalue weighted by Gasteiger charge is 2.21. The van der Waals surface area contributed by atoms with Crippen LogP contribution in [0.5, 0.6) is 0 Å². The highest BCUT2D eigenvalue weighted by molar-refractivity contribution is 5.81. The predicted molar refractivity (Wildman–Crippen MR) is 64.5 cm³/mol. The molecule has 0 rings (SSSR count). The van der Waals surface area contributed by atoms with Crippen molar-refractivity contribution in [3.63, 3.8) is 0 Å². The number of hydrogen-bond donors (Lipinski definition) is 1. The Bertz CT molecular complexity index is 295. The van der Waals surface area contributed by atoms with E-state index in [1.807, 2.05) is 26.0 Å². The molecule has 0 fully saturated rings. The quantitative estimate of drug-likeness (QED) is 0.714. The van der Waals surface area contributed by atoms with Gasteiger partial charge in [-0.15, -0.1) is 0 Å². The zero-order valence-electron chi connectivity index (χ0n) is 10.5. The zero-order valence-corrected chi connectivity index (χ0v) is 10.5. The first-order valence-corrected chi connectivity index (χ1v) is 5.81. The van der Waals surface area contributed by atoms with Crippen LogP contribution in [-0.2, 0) is 4.79 Å². The van der Waals surface area contributed by atoms with Crippen molar-refractivity contribution >= 4 is 5.91 Å². The van der Waals surface area contributed by atoms with Gasteiger partial charge in [0.25, 0.3) is 0 Å². The van der Waals surface area contributed by atoms with E-state index in [2.05, 4.69) is 0 Å². The average molecular weight is 236 g/mol. The summed E-state index contributed by atoms with van der Waals surface area (Å²) in [6.07, 6.45) is 1.16.